The van der Waals surface area contributed by atoms with Gasteiger partial charge < -0.3 is 4.98 Å². The number of imidazole rings is 1. The molecule has 2 N–H and O–H groups in total. The maximum absolute atomic E-state index is 12.3. The lowest BCUT2D eigenvalue weighted by Crippen LogP contribution is -2.26. The molecule has 0 radical (unpaired) electrons. The number of aromatic amines is 1. The first-order valence-electron chi connectivity index (χ1n) is 6.72. The van der Waals surface area contributed by atoms with Crippen LogP contribution in [0.3, 0.4) is 0 Å². The monoisotopic (exact) mass is 335 g/mol. The zero-order chi connectivity index (χ0) is 15.6. The Morgan fingerprint density at radius 2 is 1.91 bits per heavy atom. The summed E-state index contributed by atoms with van der Waals surface area (Å²) in [6.07, 6.45) is 2.14. The summed E-state index contributed by atoms with van der Waals surface area (Å²) in [6, 6.07) is 12.1. The van der Waals surface area contributed by atoms with Crippen LogP contribution in [0.1, 0.15) is 5.56 Å². The second-order valence-corrected chi connectivity index (χ2v) is 7.06. The van der Waals surface area contributed by atoms with Crippen molar-refractivity contribution in [3.05, 3.63) is 59.4 Å². The van der Waals surface area contributed by atoms with Crippen LogP contribution >= 0.6 is 11.6 Å². The van der Waals surface area contributed by atoms with E-state index in [9.17, 15) is 8.42 Å². The minimum absolute atomic E-state index is 0.223. The van der Waals surface area contributed by atoms with Crippen molar-refractivity contribution in [2.24, 2.45) is 0 Å². The fraction of sp³-hybridized carbons (Fsp3) is 0.133. The van der Waals surface area contributed by atoms with Gasteiger partial charge in [-0.05, 0) is 42.3 Å². The highest BCUT2D eigenvalue weighted by molar-refractivity contribution is 7.89. The van der Waals surface area contributed by atoms with Gasteiger partial charge in [0.1, 0.15) is 0 Å². The lowest BCUT2D eigenvalue weighted by Gasteiger charge is -2.07. The van der Waals surface area contributed by atoms with Crippen molar-refractivity contribution in [3.63, 3.8) is 0 Å². The van der Waals surface area contributed by atoms with Crippen molar-refractivity contribution in [1.82, 2.24) is 14.7 Å². The lowest BCUT2D eigenvalue weighted by atomic mass is 10.2. The van der Waals surface area contributed by atoms with Gasteiger partial charge in [0.2, 0.25) is 10.0 Å². The molecule has 22 heavy (non-hydrogen) atoms. The molecule has 0 spiro atoms. The topological polar surface area (TPSA) is 74.8 Å². The molecule has 0 unspecified atom stereocenters. The molecule has 5 nitrogen and oxygen atoms in total. The fourth-order valence-corrected chi connectivity index (χ4v) is 3.33. The summed E-state index contributed by atoms with van der Waals surface area (Å²) in [5.74, 6) is 0. The van der Waals surface area contributed by atoms with E-state index in [4.69, 9.17) is 11.6 Å². The normalized spacial score (nSPS) is 11.9. The first-order chi connectivity index (χ1) is 10.5. The van der Waals surface area contributed by atoms with Crippen LogP contribution in [0.25, 0.3) is 11.0 Å². The van der Waals surface area contributed by atoms with Gasteiger partial charge in [-0.1, -0.05) is 23.7 Å². The number of hydrogen-bond acceptors (Lipinski definition) is 3. The summed E-state index contributed by atoms with van der Waals surface area (Å²) in [4.78, 5) is 7.20. The van der Waals surface area contributed by atoms with Crippen LogP contribution in [0.2, 0.25) is 5.02 Å². The Morgan fingerprint density at radius 3 is 2.68 bits per heavy atom. The number of benzene rings is 2. The van der Waals surface area contributed by atoms with Crippen LogP contribution in [0.15, 0.2) is 53.7 Å². The second-order valence-electron chi connectivity index (χ2n) is 4.86. The van der Waals surface area contributed by atoms with Gasteiger partial charge in [-0.2, -0.15) is 0 Å². The molecule has 7 heteroatoms. The summed E-state index contributed by atoms with van der Waals surface area (Å²) in [5, 5.41) is 0.664. The van der Waals surface area contributed by atoms with E-state index in [0.29, 0.717) is 23.5 Å². The summed E-state index contributed by atoms with van der Waals surface area (Å²) in [6.45, 7) is 0.324. The minimum Gasteiger partial charge on any atom is -0.345 e. The van der Waals surface area contributed by atoms with E-state index in [1.54, 1.807) is 30.3 Å². The predicted octanol–water partition coefficient (Wildman–Crippen LogP) is 2.74. The van der Waals surface area contributed by atoms with Gasteiger partial charge in [0.15, 0.2) is 0 Å². The molecule has 0 aliphatic rings. The molecular weight excluding hydrogens is 322 g/mol. The Hall–Kier alpha value is -1.89. The van der Waals surface area contributed by atoms with Gasteiger partial charge in [-0.25, -0.2) is 18.1 Å². The minimum atomic E-state index is -3.53. The van der Waals surface area contributed by atoms with Gasteiger partial charge >= 0.3 is 0 Å². The van der Waals surface area contributed by atoms with Crippen LogP contribution in [-0.4, -0.2) is 24.9 Å². The Balaban J connectivity index is 1.68. The maximum atomic E-state index is 12.3. The smallest absolute Gasteiger partial charge is 0.240 e. The van der Waals surface area contributed by atoms with Crippen molar-refractivity contribution in [1.29, 1.82) is 0 Å². The number of hydrogen-bond donors (Lipinski definition) is 2. The van der Waals surface area contributed by atoms with Crippen LogP contribution < -0.4 is 4.72 Å². The first-order valence-corrected chi connectivity index (χ1v) is 8.58. The summed E-state index contributed by atoms with van der Waals surface area (Å²) >= 11 is 5.82. The Morgan fingerprint density at radius 1 is 1.14 bits per heavy atom. The molecule has 0 atom stereocenters. The van der Waals surface area contributed by atoms with E-state index in [1.807, 2.05) is 12.1 Å². The summed E-state index contributed by atoms with van der Waals surface area (Å²) in [5.41, 5.74) is 2.46. The number of rotatable bonds is 5. The largest absolute Gasteiger partial charge is 0.345 e. The molecular formula is C15H14ClN3O2S. The third-order valence-electron chi connectivity index (χ3n) is 3.32. The molecule has 0 saturated heterocycles. The molecule has 0 saturated carbocycles. The van der Waals surface area contributed by atoms with E-state index in [0.717, 1.165) is 11.1 Å². The molecule has 0 aliphatic heterocycles. The zero-order valence-corrected chi connectivity index (χ0v) is 13.2. The number of halogens is 1. The van der Waals surface area contributed by atoms with Gasteiger partial charge in [-0.15, -0.1) is 0 Å². The van der Waals surface area contributed by atoms with Gasteiger partial charge in [-0.3, -0.25) is 0 Å². The Kier molecular flexibility index (Phi) is 4.15. The van der Waals surface area contributed by atoms with E-state index < -0.39 is 10.0 Å². The van der Waals surface area contributed by atoms with E-state index in [-0.39, 0.29) is 4.90 Å². The molecule has 1 heterocycles. The van der Waals surface area contributed by atoms with Crippen molar-refractivity contribution >= 4 is 32.7 Å². The Bertz CT molecular complexity index is 889. The lowest BCUT2D eigenvalue weighted by molar-refractivity contribution is 0.582. The summed E-state index contributed by atoms with van der Waals surface area (Å²) < 4.78 is 27.2. The third-order valence-corrected chi connectivity index (χ3v) is 5.03. The number of nitrogens with one attached hydrogen (secondary N) is 2. The zero-order valence-electron chi connectivity index (χ0n) is 11.6. The molecule has 2 aromatic carbocycles. The SMILES string of the molecule is O=S(=O)(NCCc1ccc(Cl)cc1)c1ccc2nc[nH]c2c1. The van der Waals surface area contributed by atoms with Crippen molar-refractivity contribution in [2.45, 2.75) is 11.3 Å². The molecule has 0 bridgehead atoms. The third kappa shape index (κ3) is 3.30. The molecule has 0 fully saturated rings. The van der Waals surface area contributed by atoms with Crippen molar-refractivity contribution < 1.29 is 8.42 Å². The van der Waals surface area contributed by atoms with E-state index in [2.05, 4.69) is 14.7 Å². The van der Waals surface area contributed by atoms with Crippen LogP contribution in [0.4, 0.5) is 0 Å². The predicted molar refractivity (Wildman–Crippen MR) is 86.4 cm³/mol. The van der Waals surface area contributed by atoms with Gasteiger partial charge in [0.25, 0.3) is 0 Å². The van der Waals surface area contributed by atoms with Crippen LogP contribution in [0, 0.1) is 0 Å². The number of fused-ring (bicyclic) bond motifs is 1. The van der Waals surface area contributed by atoms with E-state index >= 15 is 0 Å². The van der Waals surface area contributed by atoms with Gasteiger partial charge in [0, 0.05) is 11.6 Å². The highest BCUT2D eigenvalue weighted by Crippen LogP contribution is 2.16. The van der Waals surface area contributed by atoms with Crippen molar-refractivity contribution in [2.75, 3.05) is 6.54 Å². The molecule has 1 aromatic heterocycles. The standard InChI is InChI=1S/C15H14ClN3O2S/c16-12-3-1-11(2-4-12)7-8-19-22(20,21)13-5-6-14-15(9-13)18-10-17-14/h1-6,9-10,19H,7-8H2,(H,17,18). The quantitative estimate of drug-likeness (QED) is 0.752. The number of H-pyrrole nitrogens is 1. The second kappa shape index (κ2) is 6.08. The number of sulfonamides is 1. The number of nitrogens with zero attached hydrogens (tertiary/aromatic N) is 1. The molecule has 0 aliphatic carbocycles. The van der Waals surface area contributed by atoms with E-state index in [1.165, 1.54) is 6.33 Å². The number of aromatic nitrogens is 2. The van der Waals surface area contributed by atoms with Crippen LogP contribution in [-0.2, 0) is 16.4 Å². The average molecular weight is 336 g/mol. The molecule has 3 rings (SSSR count). The molecule has 114 valence electrons. The van der Waals surface area contributed by atoms with Crippen molar-refractivity contribution in [3.8, 4) is 0 Å². The average Bonchev–Trinajstić information content (AvgIpc) is 2.96. The van der Waals surface area contributed by atoms with Crippen LogP contribution in [0.5, 0.6) is 0 Å². The Labute approximate surface area is 133 Å². The maximum Gasteiger partial charge on any atom is 0.240 e. The summed E-state index contributed by atoms with van der Waals surface area (Å²) in [7, 11) is -3.53. The molecule has 3 aromatic rings. The van der Waals surface area contributed by atoms with Gasteiger partial charge in [0.05, 0.1) is 22.3 Å². The highest BCUT2D eigenvalue weighted by Gasteiger charge is 2.14. The first kappa shape index (κ1) is 15.0. The fourth-order valence-electron chi connectivity index (χ4n) is 2.15. The highest BCUT2D eigenvalue weighted by atomic mass is 35.5. The molecule has 0 amide bonds.